The van der Waals surface area contributed by atoms with Crippen LogP contribution in [0.5, 0.6) is 0 Å². The largest absolute Gasteiger partial charge is 0.462 e. The van der Waals surface area contributed by atoms with E-state index in [1.54, 1.807) is 0 Å². The Bertz CT molecular complexity index is 828. The lowest BCUT2D eigenvalue weighted by atomic mass is 10.0. The van der Waals surface area contributed by atoms with Gasteiger partial charge in [-0.05, 0) is 77.0 Å². The van der Waals surface area contributed by atoms with Gasteiger partial charge in [0.1, 0.15) is 6.10 Å². The summed E-state index contributed by atoms with van der Waals surface area (Å²) in [7, 11) is 0. The van der Waals surface area contributed by atoms with Gasteiger partial charge in [0.2, 0.25) is 5.91 Å². The summed E-state index contributed by atoms with van der Waals surface area (Å²) in [6.07, 6.45) is 43.8. The van der Waals surface area contributed by atoms with Crippen molar-refractivity contribution in [3.63, 3.8) is 0 Å². The van der Waals surface area contributed by atoms with Crippen molar-refractivity contribution in [1.82, 2.24) is 5.32 Å². The zero-order chi connectivity index (χ0) is 38.2. The summed E-state index contributed by atoms with van der Waals surface area (Å²) in [5.41, 5.74) is 0. The fraction of sp³-hybridized carbons (Fsp3) is 0.870. The molecule has 0 aromatic heterocycles. The Hall–Kier alpha value is -1.66. The molecule has 1 amide bonds. The van der Waals surface area contributed by atoms with Crippen LogP contribution < -0.4 is 5.32 Å². The number of rotatable bonds is 40. The van der Waals surface area contributed by atoms with Crippen LogP contribution in [0.25, 0.3) is 0 Å². The molecule has 3 atom stereocenters. The van der Waals surface area contributed by atoms with Crippen molar-refractivity contribution < 1.29 is 24.5 Å². The minimum absolute atomic E-state index is 0.0662. The van der Waals surface area contributed by atoms with Crippen LogP contribution in [0, 0.1) is 0 Å². The summed E-state index contributed by atoms with van der Waals surface area (Å²) in [6, 6.07) is -0.701. The number of hydrogen-bond acceptors (Lipinski definition) is 5. The Morgan fingerprint density at radius 2 is 0.923 bits per heavy atom. The molecule has 0 radical (unpaired) electrons. The maximum atomic E-state index is 13.1. The highest BCUT2D eigenvalue weighted by atomic mass is 16.5. The molecule has 0 spiro atoms. The molecule has 3 N–H and O–H groups in total. The van der Waals surface area contributed by atoms with Crippen molar-refractivity contribution in [3.8, 4) is 0 Å². The highest BCUT2D eigenvalue weighted by molar-refractivity contribution is 5.77. The molecule has 0 saturated carbocycles. The topological polar surface area (TPSA) is 95.9 Å². The van der Waals surface area contributed by atoms with Crippen molar-refractivity contribution in [2.75, 3.05) is 6.61 Å². The predicted molar refractivity (Wildman–Crippen MR) is 223 cm³/mol. The number of aliphatic hydroxyl groups is 2. The normalized spacial score (nSPS) is 13.6. The van der Waals surface area contributed by atoms with Crippen molar-refractivity contribution in [2.45, 2.75) is 251 Å². The van der Waals surface area contributed by atoms with Gasteiger partial charge in [-0.15, -0.1) is 0 Å². The summed E-state index contributed by atoms with van der Waals surface area (Å²) < 4.78 is 5.88. The molecule has 52 heavy (non-hydrogen) atoms. The molecule has 0 bridgehead atoms. The van der Waals surface area contributed by atoms with Crippen LogP contribution in [0.3, 0.4) is 0 Å². The molecule has 0 aliphatic rings. The molecule has 3 unspecified atom stereocenters. The average Bonchev–Trinajstić information content (AvgIpc) is 3.13. The second-order valence-electron chi connectivity index (χ2n) is 15.4. The van der Waals surface area contributed by atoms with Gasteiger partial charge in [0.15, 0.2) is 0 Å². The number of allylic oxidation sites excluding steroid dienone is 4. The Morgan fingerprint density at radius 3 is 1.42 bits per heavy atom. The van der Waals surface area contributed by atoms with E-state index in [9.17, 15) is 19.8 Å². The molecule has 0 aromatic rings. The second kappa shape index (κ2) is 40.5. The zero-order valence-electron chi connectivity index (χ0n) is 34.7. The van der Waals surface area contributed by atoms with Gasteiger partial charge in [0.05, 0.1) is 25.2 Å². The van der Waals surface area contributed by atoms with Crippen LogP contribution in [-0.4, -0.2) is 46.9 Å². The van der Waals surface area contributed by atoms with E-state index in [-0.39, 0.29) is 24.9 Å². The van der Waals surface area contributed by atoms with Gasteiger partial charge in [0, 0.05) is 6.42 Å². The minimum atomic E-state index is -0.787. The van der Waals surface area contributed by atoms with Crippen LogP contribution in [0.4, 0.5) is 0 Å². The number of carbonyl (C=O) groups excluding carboxylic acids is 2. The van der Waals surface area contributed by atoms with Crippen LogP contribution in [0.2, 0.25) is 0 Å². The van der Waals surface area contributed by atoms with Gasteiger partial charge in [-0.3, -0.25) is 9.59 Å². The molecule has 0 aromatic carbocycles. The number of aliphatic hydroxyl groups excluding tert-OH is 2. The van der Waals surface area contributed by atoms with Crippen molar-refractivity contribution >= 4 is 11.9 Å². The molecule has 0 aliphatic carbocycles. The first-order valence-corrected chi connectivity index (χ1v) is 22.6. The Balaban J connectivity index is 4.58. The molecule has 0 aliphatic heterocycles. The lowest BCUT2D eigenvalue weighted by molar-refractivity contribution is -0.151. The second-order valence-corrected chi connectivity index (χ2v) is 15.4. The first kappa shape index (κ1) is 50.3. The van der Waals surface area contributed by atoms with Crippen LogP contribution >= 0.6 is 0 Å². The summed E-state index contributed by atoms with van der Waals surface area (Å²) in [5, 5.41) is 23.6. The summed E-state index contributed by atoms with van der Waals surface area (Å²) in [6.45, 7) is 6.41. The average molecular weight is 734 g/mol. The molecular formula is C46H87NO5. The number of nitrogens with one attached hydrogen (secondary N) is 1. The van der Waals surface area contributed by atoms with Crippen LogP contribution in [-0.2, 0) is 14.3 Å². The third-order valence-corrected chi connectivity index (χ3v) is 10.3. The van der Waals surface area contributed by atoms with Gasteiger partial charge in [-0.25, -0.2) is 0 Å². The maximum Gasteiger partial charge on any atom is 0.306 e. The Kier molecular flexibility index (Phi) is 39.2. The zero-order valence-corrected chi connectivity index (χ0v) is 34.7. The molecule has 0 fully saturated rings. The Morgan fingerprint density at radius 1 is 0.538 bits per heavy atom. The first-order valence-electron chi connectivity index (χ1n) is 22.6. The lowest BCUT2D eigenvalue weighted by Crippen LogP contribution is -2.46. The standard InChI is InChI=1S/C46H87NO5/c1-4-7-10-13-16-19-22-24-27-30-33-36-39-46(51)52-42(37-34-31-28-25-21-18-15-12-9-6-3)40-45(50)47-43(41-48)44(49)38-35-32-29-26-23-20-17-14-11-8-5-2/h16,18-19,21,42-44,48-49H,4-15,17,20,22-41H2,1-3H3,(H,47,50)/b19-16-,21-18-. The van der Waals surface area contributed by atoms with E-state index in [2.05, 4.69) is 50.4 Å². The highest BCUT2D eigenvalue weighted by Crippen LogP contribution is 2.17. The van der Waals surface area contributed by atoms with Gasteiger partial charge in [-0.1, -0.05) is 167 Å². The number of amides is 1. The van der Waals surface area contributed by atoms with E-state index in [1.807, 2.05) is 0 Å². The first-order chi connectivity index (χ1) is 25.5. The maximum absolute atomic E-state index is 13.1. The van der Waals surface area contributed by atoms with Gasteiger partial charge in [-0.2, -0.15) is 0 Å². The number of esters is 1. The lowest BCUT2D eigenvalue weighted by Gasteiger charge is -2.24. The highest BCUT2D eigenvalue weighted by Gasteiger charge is 2.24. The SMILES string of the molecule is CCCCC/C=C\CCCCCCCC(=O)OC(CCCCC/C=C\CCCCC)CC(=O)NC(CO)C(O)CCCCCCCCCCCCC. The summed E-state index contributed by atoms with van der Waals surface area (Å²) in [5.74, 6) is -0.498. The number of unbranched alkanes of at least 4 members (excludes halogenated alkanes) is 24. The minimum Gasteiger partial charge on any atom is -0.462 e. The van der Waals surface area contributed by atoms with E-state index in [0.29, 0.717) is 19.3 Å². The molecule has 306 valence electrons. The van der Waals surface area contributed by atoms with E-state index >= 15 is 0 Å². The Labute approximate surface area is 322 Å². The van der Waals surface area contributed by atoms with Crippen molar-refractivity contribution in [2.24, 2.45) is 0 Å². The van der Waals surface area contributed by atoms with E-state index in [1.165, 1.54) is 109 Å². The molecule has 6 heteroatoms. The molecular weight excluding hydrogens is 647 g/mol. The van der Waals surface area contributed by atoms with Crippen LogP contribution in [0.15, 0.2) is 24.3 Å². The fourth-order valence-corrected chi connectivity index (χ4v) is 6.77. The number of ether oxygens (including phenoxy) is 1. The van der Waals surface area contributed by atoms with Crippen LogP contribution in [0.1, 0.15) is 233 Å². The summed E-state index contributed by atoms with van der Waals surface area (Å²) in [4.78, 5) is 25.9. The van der Waals surface area contributed by atoms with Gasteiger partial charge < -0.3 is 20.3 Å². The summed E-state index contributed by atoms with van der Waals surface area (Å²) >= 11 is 0. The number of carbonyl (C=O) groups is 2. The monoisotopic (exact) mass is 734 g/mol. The van der Waals surface area contributed by atoms with E-state index < -0.39 is 18.2 Å². The van der Waals surface area contributed by atoms with E-state index in [4.69, 9.17) is 4.74 Å². The smallest absolute Gasteiger partial charge is 0.306 e. The molecule has 0 rings (SSSR count). The molecule has 6 nitrogen and oxygen atoms in total. The van der Waals surface area contributed by atoms with E-state index in [0.717, 1.165) is 77.0 Å². The molecule has 0 heterocycles. The predicted octanol–water partition coefficient (Wildman–Crippen LogP) is 12.8. The number of hydrogen-bond donors (Lipinski definition) is 3. The fourth-order valence-electron chi connectivity index (χ4n) is 6.77. The van der Waals surface area contributed by atoms with Crippen molar-refractivity contribution in [1.29, 1.82) is 0 Å². The quantitative estimate of drug-likeness (QED) is 0.0331. The van der Waals surface area contributed by atoms with Crippen molar-refractivity contribution in [3.05, 3.63) is 24.3 Å². The third kappa shape index (κ3) is 35.4. The third-order valence-electron chi connectivity index (χ3n) is 10.3. The van der Waals surface area contributed by atoms with Gasteiger partial charge in [0.25, 0.3) is 0 Å². The molecule has 0 saturated heterocycles. The van der Waals surface area contributed by atoms with Gasteiger partial charge >= 0.3 is 5.97 Å².